The molecule has 0 aromatic carbocycles. The molecule has 0 aromatic rings. The maximum atomic E-state index is 3.53. The molecule has 0 amide bonds. The van der Waals surface area contributed by atoms with E-state index in [1.54, 1.807) is 0 Å². The first-order valence-corrected chi connectivity index (χ1v) is 5.29. The first kappa shape index (κ1) is 8.52. The van der Waals surface area contributed by atoms with E-state index in [1.807, 2.05) is 0 Å². The highest BCUT2D eigenvalue weighted by molar-refractivity contribution is 5.00. The Morgan fingerprint density at radius 2 is 2.33 bits per heavy atom. The third-order valence-corrected chi connectivity index (χ3v) is 3.72. The second-order valence-corrected chi connectivity index (χ2v) is 4.35. The third-order valence-electron chi connectivity index (χ3n) is 3.72. The van der Waals surface area contributed by atoms with E-state index in [2.05, 4.69) is 17.6 Å². The SMILES string of the molecule is CCNCC1CNCC12CCC2. The van der Waals surface area contributed by atoms with Gasteiger partial charge in [-0.3, -0.25) is 0 Å². The van der Waals surface area contributed by atoms with Crippen LogP contribution in [0.25, 0.3) is 0 Å². The predicted octanol–water partition coefficient (Wildman–Crippen LogP) is 0.986. The summed E-state index contributed by atoms with van der Waals surface area (Å²) >= 11 is 0. The summed E-state index contributed by atoms with van der Waals surface area (Å²) in [6.07, 6.45) is 4.40. The van der Waals surface area contributed by atoms with Crippen molar-refractivity contribution in [1.29, 1.82) is 0 Å². The zero-order chi connectivity index (χ0) is 8.44. The van der Waals surface area contributed by atoms with Crippen LogP contribution in [0.3, 0.4) is 0 Å². The summed E-state index contributed by atoms with van der Waals surface area (Å²) in [5.41, 5.74) is 0.710. The van der Waals surface area contributed by atoms with Crippen molar-refractivity contribution in [3.63, 3.8) is 0 Å². The Morgan fingerprint density at radius 1 is 1.50 bits per heavy atom. The monoisotopic (exact) mass is 168 g/mol. The van der Waals surface area contributed by atoms with Crippen LogP contribution in [0.1, 0.15) is 26.2 Å². The first-order chi connectivity index (χ1) is 5.87. The molecule has 2 aliphatic rings. The van der Waals surface area contributed by atoms with Gasteiger partial charge in [-0.05, 0) is 43.8 Å². The van der Waals surface area contributed by atoms with Crippen molar-refractivity contribution in [1.82, 2.24) is 10.6 Å². The van der Waals surface area contributed by atoms with Crippen molar-refractivity contribution >= 4 is 0 Å². The highest BCUT2D eigenvalue weighted by atomic mass is 15.0. The van der Waals surface area contributed by atoms with Crippen molar-refractivity contribution in [3.05, 3.63) is 0 Å². The molecular formula is C10H20N2. The summed E-state index contributed by atoms with van der Waals surface area (Å²) in [6, 6.07) is 0. The Labute approximate surface area is 75.1 Å². The van der Waals surface area contributed by atoms with Crippen LogP contribution >= 0.6 is 0 Å². The Kier molecular flexibility index (Phi) is 2.37. The summed E-state index contributed by atoms with van der Waals surface area (Å²) < 4.78 is 0. The maximum Gasteiger partial charge on any atom is 0.00116 e. The topological polar surface area (TPSA) is 24.1 Å². The molecule has 2 nitrogen and oxygen atoms in total. The van der Waals surface area contributed by atoms with Gasteiger partial charge in [0.25, 0.3) is 0 Å². The molecule has 1 spiro atoms. The highest BCUT2D eigenvalue weighted by Crippen LogP contribution is 2.48. The number of nitrogens with one attached hydrogen (secondary N) is 2. The fourth-order valence-electron chi connectivity index (χ4n) is 2.68. The number of rotatable bonds is 3. The van der Waals surface area contributed by atoms with E-state index in [9.17, 15) is 0 Å². The molecule has 1 unspecified atom stereocenters. The molecule has 0 bridgehead atoms. The van der Waals surface area contributed by atoms with Crippen LogP contribution < -0.4 is 10.6 Å². The van der Waals surface area contributed by atoms with E-state index in [0.29, 0.717) is 5.41 Å². The average molecular weight is 168 g/mol. The lowest BCUT2D eigenvalue weighted by molar-refractivity contribution is 0.0975. The fraction of sp³-hybridized carbons (Fsp3) is 1.00. The Hall–Kier alpha value is -0.0800. The smallest absolute Gasteiger partial charge is 0.00116 e. The second kappa shape index (κ2) is 3.35. The van der Waals surface area contributed by atoms with Gasteiger partial charge in [-0.1, -0.05) is 13.3 Å². The molecule has 0 aromatic heterocycles. The lowest BCUT2D eigenvalue weighted by atomic mass is 9.63. The molecule has 2 rings (SSSR count). The van der Waals surface area contributed by atoms with Gasteiger partial charge < -0.3 is 10.6 Å². The Morgan fingerprint density at radius 3 is 2.92 bits per heavy atom. The second-order valence-electron chi connectivity index (χ2n) is 4.35. The van der Waals surface area contributed by atoms with E-state index in [1.165, 1.54) is 38.9 Å². The van der Waals surface area contributed by atoms with E-state index in [-0.39, 0.29) is 0 Å². The number of hydrogen-bond donors (Lipinski definition) is 2. The minimum Gasteiger partial charge on any atom is -0.317 e. The van der Waals surface area contributed by atoms with E-state index < -0.39 is 0 Å². The summed E-state index contributed by atoms with van der Waals surface area (Å²) in [7, 11) is 0. The van der Waals surface area contributed by atoms with Gasteiger partial charge in [0.1, 0.15) is 0 Å². The molecule has 1 aliphatic heterocycles. The summed E-state index contributed by atoms with van der Waals surface area (Å²) in [5, 5.41) is 7.01. The van der Waals surface area contributed by atoms with Crippen molar-refractivity contribution in [2.24, 2.45) is 11.3 Å². The molecular weight excluding hydrogens is 148 g/mol. The van der Waals surface area contributed by atoms with Gasteiger partial charge in [0.05, 0.1) is 0 Å². The lowest BCUT2D eigenvalue weighted by Gasteiger charge is -2.43. The van der Waals surface area contributed by atoms with E-state index >= 15 is 0 Å². The van der Waals surface area contributed by atoms with Crippen LogP contribution in [0.4, 0.5) is 0 Å². The van der Waals surface area contributed by atoms with Gasteiger partial charge >= 0.3 is 0 Å². The molecule has 2 N–H and O–H groups in total. The summed E-state index contributed by atoms with van der Waals surface area (Å²) in [6.45, 7) is 7.06. The van der Waals surface area contributed by atoms with Gasteiger partial charge in [0.15, 0.2) is 0 Å². The van der Waals surface area contributed by atoms with Crippen LogP contribution in [0.15, 0.2) is 0 Å². The van der Waals surface area contributed by atoms with Crippen LogP contribution in [0.2, 0.25) is 0 Å². The Balaban J connectivity index is 1.86. The van der Waals surface area contributed by atoms with Gasteiger partial charge in [-0.25, -0.2) is 0 Å². The van der Waals surface area contributed by atoms with Crippen LogP contribution in [0.5, 0.6) is 0 Å². The molecule has 12 heavy (non-hydrogen) atoms. The van der Waals surface area contributed by atoms with Crippen molar-refractivity contribution in [2.75, 3.05) is 26.2 Å². The standard InChI is InChI=1S/C10H20N2/c1-2-11-6-9-7-12-8-10(9)4-3-5-10/h9,11-12H,2-8H2,1H3. The molecule has 1 saturated heterocycles. The minimum absolute atomic E-state index is 0.710. The summed E-state index contributed by atoms with van der Waals surface area (Å²) in [5.74, 6) is 0.909. The van der Waals surface area contributed by atoms with Crippen molar-refractivity contribution < 1.29 is 0 Å². The molecule has 0 radical (unpaired) electrons. The van der Waals surface area contributed by atoms with E-state index in [4.69, 9.17) is 0 Å². The van der Waals surface area contributed by atoms with Crippen LogP contribution in [-0.2, 0) is 0 Å². The fourth-order valence-corrected chi connectivity index (χ4v) is 2.68. The normalized spacial score (nSPS) is 32.2. The molecule has 2 heteroatoms. The van der Waals surface area contributed by atoms with Gasteiger partial charge in [0.2, 0.25) is 0 Å². The van der Waals surface area contributed by atoms with Gasteiger partial charge in [0, 0.05) is 6.54 Å². The zero-order valence-electron chi connectivity index (χ0n) is 8.03. The predicted molar refractivity (Wildman–Crippen MR) is 51.2 cm³/mol. The largest absolute Gasteiger partial charge is 0.317 e. The van der Waals surface area contributed by atoms with Gasteiger partial charge in [-0.2, -0.15) is 0 Å². The molecule has 1 atom stereocenters. The lowest BCUT2D eigenvalue weighted by Crippen LogP contribution is -2.41. The molecule has 1 heterocycles. The van der Waals surface area contributed by atoms with Crippen LogP contribution in [-0.4, -0.2) is 26.2 Å². The maximum absolute atomic E-state index is 3.53. The average Bonchev–Trinajstić information content (AvgIpc) is 2.42. The quantitative estimate of drug-likeness (QED) is 0.656. The number of hydrogen-bond acceptors (Lipinski definition) is 2. The molecule has 2 fully saturated rings. The molecule has 70 valence electrons. The Bertz CT molecular complexity index is 152. The highest BCUT2D eigenvalue weighted by Gasteiger charge is 2.46. The van der Waals surface area contributed by atoms with Crippen LogP contribution in [0, 0.1) is 11.3 Å². The minimum atomic E-state index is 0.710. The molecule has 1 aliphatic carbocycles. The van der Waals surface area contributed by atoms with Gasteiger partial charge in [-0.15, -0.1) is 0 Å². The summed E-state index contributed by atoms with van der Waals surface area (Å²) in [4.78, 5) is 0. The van der Waals surface area contributed by atoms with E-state index in [0.717, 1.165) is 12.5 Å². The van der Waals surface area contributed by atoms with Crippen molar-refractivity contribution in [2.45, 2.75) is 26.2 Å². The first-order valence-electron chi connectivity index (χ1n) is 5.29. The molecule has 1 saturated carbocycles. The third kappa shape index (κ3) is 1.27. The van der Waals surface area contributed by atoms with Crippen molar-refractivity contribution in [3.8, 4) is 0 Å². The zero-order valence-corrected chi connectivity index (χ0v) is 8.03.